The molecule has 4 heterocycles. The smallest absolute Gasteiger partial charge is 0.354 e. The number of carbonyl (C=O) groups is 2. The van der Waals surface area contributed by atoms with E-state index in [9.17, 15) is 14.7 Å². The first-order valence-electron chi connectivity index (χ1n) is 8.05. The molecule has 0 aliphatic carbocycles. The number of carbonyl (C=O) groups excluding carboxylic acids is 1. The lowest BCUT2D eigenvalue weighted by molar-refractivity contribution is 0.0690. The van der Waals surface area contributed by atoms with Crippen LogP contribution in [0.2, 0.25) is 0 Å². The molecule has 8 nitrogen and oxygen atoms in total. The molecule has 25 heavy (non-hydrogen) atoms. The minimum absolute atomic E-state index is 0.0335. The normalized spacial score (nSPS) is 18.0. The van der Waals surface area contributed by atoms with Gasteiger partial charge in [-0.05, 0) is 30.7 Å². The molecule has 2 N–H and O–H groups in total. The average molecular weight is 337 g/mol. The zero-order valence-corrected chi connectivity index (χ0v) is 13.6. The monoisotopic (exact) mass is 337 g/mol. The first kappa shape index (κ1) is 15.4. The van der Waals surface area contributed by atoms with E-state index < -0.39 is 5.97 Å². The van der Waals surface area contributed by atoms with Crippen molar-refractivity contribution in [2.75, 3.05) is 28.2 Å². The van der Waals surface area contributed by atoms with Crippen LogP contribution < -0.4 is 20.6 Å². The van der Waals surface area contributed by atoms with Crippen molar-refractivity contribution in [1.29, 1.82) is 0 Å². The first-order chi connectivity index (χ1) is 12.0. The Bertz CT molecular complexity index is 875. The number of aromatic nitrogens is 2. The van der Waals surface area contributed by atoms with E-state index in [4.69, 9.17) is 0 Å². The summed E-state index contributed by atoms with van der Waals surface area (Å²) < 4.78 is 0. The van der Waals surface area contributed by atoms with Crippen LogP contribution in [-0.2, 0) is 0 Å². The van der Waals surface area contributed by atoms with E-state index in [-0.39, 0.29) is 17.8 Å². The summed E-state index contributed by atoms with van der Waals surface area (Å²) in [4.78, 5) is 36.2. The number of pyridine rings is 2. The molecule has 2 aliphatic heterocycles. The number of hydrogen-bond donors (Lipinski definition) is 2. The SMILES string of the molecule is Bc1ccnc(NC(=O)N2c3nc(C(=O)O)ccc3N3CCC2C3)c1. The quantitative estimate of drug-likeness (QED) is 0.752. The minimum atomic E-state index is -1.11. The van der Waals surface area contributed by atoms with Crippen molar-refractivity contribution in [3.63, 3.8) is 0 Å². The topological polar surface area (TPSA) is 98.7 Å². The van der Waals surface area contributed by atoms with Crippen LogP contribution in [0.25, 0.3) is 0 Å². The Morgan fingerprint density at radius 3 is 2.92 bits per heavy atom. The number of aromatic carboxylic acids is 1. The lowest BCUT2D eigenvalue weighted by Crippen LogP contribution is -2.48. The number of urea groups is 1. The fraction of sp³-hybridized carbons (Fsp3) is 0.250. The summed E-state index contributed by atoms with van der Waals surface area (Å²) in [5.74, 6) is -0.267. The van der Waals surface area contributed by atoms with Gasteiger partial charge in [-0.3, -0.25) is 10.2 Å². The van der Waals surface area contributed by atoms with E-state index in [0.29, 0.717) is 11.6 Å². The predicted molar refractivity (Wildman–Crippen MR) is 95.7 cm³/mol. The van der Waals surface area contributed by atoms with Crippen molar-refractivity contribution in [2.24, 2.45) is 0 Å². The van der Waals surface area contributed by atoms with Crippen molar-refractivity contribution >= 4 is 42.6 Å². The van der Waals surface area contributed by atoms with Crippen LogP contribution in [0.15, 0.2) is 30.5 Å². The molecular weight excluding hydrogens is 321 g/mol. The molecule has 2 aromatic rings. The lowest BCUT2D eigenvalue weighted by Gasteiger charge is -2.35. The van der Waals surface area contributed by atoms with Gasteiger partial charge in [0, 0.05) is 19.3 Å². The third kappa shape index (κ3) is 2.67. The van der Waals surface area contributed by atoms with E-state index in [1.54, 1.807) is 23.2 Å². The fourth-order valence-electron chi connectivity index (χ4n) is 3.36. The molecule has 9 heteroatoms. The third-order valence-corrected chi connectivity index (χ3v) is 4.54. The van der Waals surface area contributed by atoms with E-state index >= 15 is 0 Å². The lowest BCUT2D eigenvalue weighted by atomic mass is 9.98. The standard InChI is InChI=1S/C16H16BN5O3/c17-9-3-5-18-13(7-9)20-16(25)22-10-4-6-21(8-10)12-2-1-11(15(23)24)19-14(12)22/h1-3,5,7,10H,4,6,8,17H2,(H,23,24)(H,18,20,25). The number of nitrogens with one attached hydrogen (secondary N) is 1. The minimum Gasteiger partial charge on any atom is -0.477 e. The van der Waals surface area contributed by atoms with Crippen molar-refractivity contribution in [3.8, 4) is 0 Å². The van der Waals surface area contributed by atoms with Gasteiger partial charge >= 0.3 is 12.0 Å². The number of fused-ring (bicyclic) bond motifs is 4. The van der Waals surface area contributed by atoms with Gasteiger partial charge in [0.05, 0.1) is 11.7 Å². The maximum Gasteiger partial charge on any atom is 0.354 e. The van der Waals surface area contributed by atoms with Crippen LogP contribution in [0, 0.1) is 0 Å². The largest absolute Gasteiger partial charge is 0.477 e. The second kappa shape index (κ2) is 5.76. The second-order valence-electron chi connectivity index (χ2n) is 6.25. The van der Waals surface area contributed by atoms with Gasteiger partial charge in [0.2, 0.25) is 0 Å². The Kier molecular flexibility index (Phi) is 3.56. The predicted octanol–water partition coefficient (Wildman–Crippen LogP) is 0.0640. The molecule has 126 valence electrons. The zero-order chi connectivity index (χ0) is 17.6. The van der Waals surface area contributed by atoms with Gasteiger partial charge in [-0.2, -0.15) is 0 Å². The Labute approximate surface area is 144 Å². The zero-order valence-electron chi connectivity index (χ0n) is 13.6. The Morgan fingerprint density at radius 2 is 2.16 bits per heavy atom. The molecule has 2 aliphatic rings. The van der Waals surface area contributed by atoms with Gasteiger partial charge in [-0.15, -0.1) is 0 Å². The molecule has 1 saturated heterocycles. The molecule has 1 fully saturated rings. The fourth-order valence-corrected chi connectivity index (χ4v) is 3.36. The first-order valence-corrected chi connectivity index (χ1v) is 8.05. The van der Waals surface area contributed by atoms with Crippen molar-refractivity contribution < 1.29 is 14.7 Å². The molecule has 2 bridgehead atoms. The summed E-state index contributed by atoms with van der Waals surface area (Å²) in [7, 11) is 1.92. The highest BCUT2D eigenvalue weighted by atomic mass is 16.4. The molecule has 0 spiro atoms. The Morgan fingerprint density at radius 1 is 1.32 bits per heavy atom. The van der Waals surface area contributed by atoms with Gasteiger partial charge < -0.3 is 10.0 Å². The molecule has 2 aromatic heterocycles. The molecule has 1 unspecified atom stereocenters. The van der Waals surface area contributed by atoms with Gasteiger partial charge in [-0.1, -0.05) is 5.46 Å². The molecule has 1 atom stereocenters. The Hall–Kier alpha value is -3.10. The van der Waals surface area contributed by atoms with Crippen LogP contribution in [0.4, 0.5) is 22.1 Å². The Balaban J connectivity index is 1.71. The van der Waals surface area contributed by atoms with Crippen LogP contribution in [0.1, 0.15) is 16.9 Å². The highest BCUT2D eigenvalue weighted by molar-refractivity contribution is 6.32. The van der Waals surface area contributed by atoms with Gasteiger partial charge in [-0.25, -0.2) is 19.6 Å². The van der Waals surface area contributed by atoms with Crippen molar-refractivity contribution in [1.82, 2.24) is 9.97 Å². The number of carboxylic acids is 1. The highest BCUT2D eigenvalue weighted by Crippen LogP contribution is 2.39. The molecule has 4 rings (SSSR count). The van der Waals surface area contributed by atoms with Crippen molar-refractivity contribution in [2.45, 2.75) is 12.5 Å². The number of amides is 2. The molecule has 0 radical (unpaired) electrons. The molecule has 2 amide bonds. The number of hydrogen-bond acceptors (Lipinski definition) is 5. The van der Waals surface area contributed by atoms with Crippen molar-refractivity contribution in [3.05, 3.63) is 36.2 Å². The van der Waals surface area contributed by atoms with E-state index in [2.05, 4.69) is 20.2 Å². The number of anilines is 3. The summed E-state index contributed by atoms with van der Waals surface area (Å²) in [6, 6.07) is 6.44. The summed E-state index contributed by atoms with van der Waals surface area (Å²) in [6.07, 6.45) is 2.45. The van der Waals surface area contributed by atoms with Crippen LogP contribution in [0.3, 0.4) is 0 Å². The third-order valence-electron chi connectivity index (χ3n) is 4.54. The highest BCUT2D eigenvalue weighted by Gasteiger charge is 2.40. The van der Waals surface area contributed by atoms with E-state index in [1.807, 2.05) is 13.9 Å². The number of rotatable bonds is 2. The maximum atomic E-state index is 12.9. The summed E-state index contributed by atoms with van der Waals surface area (Å²) in [5.41, 5.74) is 1.70. The summed E-state index contributed by atoms with van der Waals surface area (Å²) in [5, 5.41) is 12.0. The van der Waals surface area contributed by atoms with Gasteiger partial charge in [0.25, 0.3) is 0 Å². The van der Waals surface area contributed by atoms with E-state index in [1.165, 1.54) is 6.07 Å². The number of nitrogens with zero attached hydrogens (tertiary/aromatic N) is 4. The summed E-state index contributed by atoms with van der Waals surface area (Å²) >= 11 is 0. The molecule has 0 aromatic carbocycles. The molecule has 0 saturated carbocycles. The second-order valence-corrected chi connectivity index (χ2v) is 6.25. The maximum absolute atomic E-state index is 12.9. The summed E-state index contributed by atoms with van der Waals surface area (Å²) in [6.45, 7) is 1.54. The van der Waals surface area contributed by atoms with Gasteiger partial charge in [0.1, 0.15) is 13.7 Å². The van der Waals surface area contributed by atoms with Crippen LogP contribution >= 0.6 is 0 Å². The number of carboxylic acid groups (broad SMARTS) is 1. The molecular formula is C16H16BN5O3. The van der Waals surface area contributed by atoms with Gasteiger partial charge in [0.15, 0.2) is 11.5 Å². The van der Waals surface area contributed by atoms with Crippen LogP contribution in [0.5, 0.6) is 0 Å². The van der Waals surface area contributed by atoms with Crippen LogP contribution in [-0.4, -0.2) is 54.1 Å². The average Bonchev–Trinajstić information content (AvgIpc) is 2.99. The van der Waals surface area contributed by atoms with E-state index in [0.717, 1.165) is 30.7 Å².